The number of H-pyrrole nitrogens is 1. The first-order chi connectivity index (χ1) is 15.7. The van der Waals surface area contributed by atoms with Gasteiger partial charge in [-0.25, -0.2) is 4.98 Å². The van der Waals surface area contributed by atoms with Crippen molar-refractivity contribution in [3.63, 3.8) is 0 Å². The van der Waals surface area contributed by atoms with Gasteiger partial charge in [-0.05, 0) is 49.6 Å². The van der Waals surface area contributed by atoms with Gasteiger partial charge in [-0.1, -0.05) is 18.2 Å². The van der Waals surface area contributed by atoms with Gasteiger partial charge < -0.3 is 19.7 Å². The zero-order valence-electron chi connectivity index (χ0n) is 17.4. The fraction of sp³-hybridized carbons (Fsp3) is 0.304. The van der Waals surface area contributed by atoms with Crippen LogP contribution in [0.4, 0.5) is 5.69 Å². The number of carbonyl (C=O) groups is 2. The van der Waals surface area contributed by atoms with E-state index >= 15 is 0 Å². The summed E-state index contributed by atoms with van der Waals surface area (Å²) in [6.45, 7) is 0.641. The number of nitrogens with zero attached hydrogens (tertiary/aromatic N) is 3. The van der Waals surface area contributed by atoms with E-state index in [-0.39, 0.29) is 31.1 Å². The van der Waals surface area contributed by atoms with Gasteiger partial charge in [0.15, 0.2) is 19.0 Å². The Balaban J connectivity index is 1.32. The normalized spacial score (nSPS) is 17.8. The van der Waals surface area contributed by atoms with Crippen LogP contribution in [0.25, 0.3) is 11.4 Å². The van der Waals surface area contributed by atoms with Gasteiger partial charge >= 0.3 is 0 Å². The van der Waals surface area contributed by atoms with Crippen molar-refractivity contribution in [2.24, 2.45) is 0 Å². The molecule has 3 heterocycles. The van der Waals surface area contributed by atoms with Crippen molar-refractivity contribution in [3.8, 4) is 22.9 Å². The number of para-hydroxylation sites is 1. The molecule has 0 spiro atoms. The molecule has 1 saturated heterocycles. The van der Waals surface area contributed by atoms with Gasteiger partial charge in [-0.3, -0.25) is 14.7 Å². The van der Waals surface area contributed by atoms with Crippen LogP contribution in [0, 0.1) is 0 Å². The van der Waals surface area contributed by atoms with Gasteiger partial charge in [0, 0.05) is 12.1 Å². The Bertz CT molecular complexity index is 1130. The number of fused-ring (bicyclic) bond motifs is 1. The van der Waals surface area contributed by atoms with Crippen molar-refractivity contribution in [1.29, 1.82) is 0 Å². The number of aromatic nitrogens is 3. The van der Waals surface area contributed by atoms with Crippen LogP contribution in [0.3, 0.4) is 0 Å². The minimum atomic E-state index is -0.195. The van der Waals surface area contributed by atoms with Crippen LogP contribution in [0.5, 0.6) is 11.5 Å². The van der Waals surface area contributed by atoms with E-state index in [4.69, 9.17) is 9.47 Å². The second-order valence-electron chi connectivity index (χ2n) is 7.79. The first kappa shape index (κ1) is 20.0. The van der Waals surface area contributed by atoms with Crippen molar-refractivity contribution in [3.05, 3.63) is 54.4 Å². The molecule has 2 amide bonds. The van der Waals surface area contributed by atoms with E-state index in [1.54, 1.807) is 12.1 Å². The lowest BCUT2D eigenvalue weighted by Crippen LogP contribution is -2.41. The van der Waals surface area contributed by atoms with E-state index in [1.165, 1.54) is 0 Å². The average molecular weight is 433 g/mol. The van der Waals surface area contributed by atoms with Gasteiger partial charge in [0.05, 0.1) is 11.7 Å². The molecule has 0 saturated carbocycles. The van der Waals surface area contributed by atoms with Crippen molar-refractivity contribution in [1.82, 2.24) is 20.1 Å². The maximum Gasteiger partial charge on any atom is 0.262 e. The number of anilines is 1. The summed E-state index contributed by atoms with van der Waals surface area (Å²) in [6.07, 6.45) is 2.76. The zero-order chi connectivity index (χ0) is 21.9. The molecule has 2 aliphatic heterocycles. The van der Waals surface area contributed by atoms with Crippen molar-refractivity contribution in [2.45, 2.75) is 25.3 Å². The molecule has 32 heavy (non-hydrogen) atoms. The monoisotopic (exact) mass is 433 g/mol. The molecule has 1 atom stereocenters. The van der Waals surface area contributed by atoms with Gasteiger partial charge in [-0.15, -0.1) is 0 Å². The second-order valence-corrected chi connectivity index (χ2v) is 7.79. The van der Waals surface area contributed by atoms with E-state index in [1.807, 2.05) is 41.3 Å². The number of piperidine rings is 1. The number of hydrogen-bond acceptors (Lipinski definition) is 6. The third-order valence-electron chi connectivity index (χ3n) is 5.62. The molecule has 0 radical (unpaired) electrons. The third-order valence-corrected chi connectivity index (χ3v) is 5.62. The molecule has 2 N–H and O–H groups in total. The Labute approximate surface area is 184 Å². The fourth-order valence-electron chi connectivity index (χ4n) is 4.03. The van der Waals surface area contributed by atoms with Crippen LogP contribution in [0.15, 0.2) is 48.5 Å². The molecular formula is C23H23N5O4. The first-order valence-corrected chi connectivity index (χ1v) is 10.6. The number of rotatable bonds is 5. The number of nitrogens with one attached hydrogen (secondary N) is 2. The molecule has 0 aliphatic carbocycles. The standard InChI is InChI=1S/C23H23N5O4/c29-20-13-32-19-10-9-15(12-17(19)24-20)22-25-23(27-26-22)18-8-4-5-11-28(18)21(30)14-31-16-6-2-1-3-7-16/h1-3,6-7,9-10,12,18H,4-5,8,11,13-14H2,(H,24,29)(H,25,26,27)/t18-/m1/s1. The summed E-state index contributed by atoms with van der Waals surface area (Å²) < 4.78 is 11.1. The SMILES string of the molecule is O=C1COc2ccc(-c3n[nH]c([C@H]4CCCCN4C(=O)COc4ccccc4)n3)cc2N1. The van der Waals surface area contributed by atoms with E-state index < -0.39 is 0 Å². The largest absolute Gasteiger partial charge is 0.484 e. The summed E-state index contributed by atoms with van der Waals surface area (Å²) in [5, 5.41) is 10.2. The van der Waals surface area contributed by atoms with E-state index in [2.05, 4.69) is 20.5 Å². The number of hydrogen-bond donors (Lipinski definition) is 2. The summed E-state index contributed by atoms with van der Waals surface area (Å²) >= 11 is 0. The summed E-state index contributed by atoms with van der Waals surface area (Å²) in [6, 6.07) is 14.5. The Hall–Kier alpha value is -3.88. The lowest BCUT2D eigenvalue weighted by molar-refractivity contribution is -0.137. The van der Waals surface area contributed by atoms with Crippen LogP contribution in [-0.4, -0.2) is 51.7 Å². The molecule has 1 fully saturated rings. The topological polar surface area (TPSA) is 109 Å². The fourth-order valence-corrected chi connectivity index (χ4v) is 4.03. The second kappa shape index (κ2) is 8.70. The highest BCUT2D eigenvalue weighted by molar-refractivity contribution is 5.96. The number of amides is 2. The summed E-state index contributed by atoms with van der Waals surface area (Å²) in [4.78, 5) is 31.0. The number of aromatic amines is 1. The molecule has 0 unspecified atom stereocenters. The summed E-state index contributed by atoms with van der Waals surface area (Å²) in [5.41, 5.74) is 1.34. The van der Waals surface area contributed by atoms with E-state index in [9.17, 15) is 9.59 Å². The maximum absolute atomic E-state index is 12.9. The molecule has 0 bridgehead atoms. The molecule has 3 aromatic rings. The van der Waals surface area contributed by atoms with Crippen LogP contribution in [-0.2, 0) is 9.59 Å². The molecule has 1 aromatic heterocycles. The Kier molecular flexibility index (Phi) is 5.45. The number of likely N-dealkylation sites (tertiary alicyclic amines) is 1. The van der Waals surface area contributed by atoms with E-state index in [0.717, 1.165) is 24.8 Å². The minimum absolute atomic E-state index is 0.0106. The summed E-state index contributed by atoms with van der Waals surface area (Å²) in [7, 11) is 0. The Morgan fingerprint density at radius 2 is 2.06 bits per heavy atom. The number of carbonyl (C=O) groups excluding carboxylic acids is 2. The third kappa shape index (κ3) is 4.14. The van der Waals surface area contributed by atoms with Gasteiger partial charge in [0.1, 0.15) is 17.3 Å². The van der Waals surface area contributed by atoms with Crippen LogP contribution < -0.4 is 14.8 Å². The zero-order valence-corrected chi connectivity index (χ0v) is 17.4. The van der Waals surface area contributed by atoms with Crippen molar-refractivity contribution in [2.75, 3.05) is 25.1 Å². The molecule has 2 aromatic carbocycles. The molecule has 9 nitrogen and oxygen atoms in total. The highest BCUT2D eigenvalue weighted by atomic mass is 16.5. The highest BCUT2D eigenvalue weighted by Crippen LogP contribution is 2.33. The Morgan fingerprint density at radius 1 is 1.19 bits per heavy atom. The molecule has 164 valence electrons. The maximum atomic E-state index is 12.9. The summed E-state index contributed by atoms with van der Waals surface area (Å²) in [5.74, 6) is 2.16. The highest BCUT2D eigenvalue weighted by Gasteiger charge is 2.31. The average Bonchev–Trinajstić information content (AvgIpc) is 3.33. The Morgan fingerprint density at radius 3 is 2.94 bits per heavy atom. The molecule has 9 heteroatoms. The lowest BCUT2D eigenvalue weighted by Gasteiger charge is -2.34. The van der Waals surface area contributed by atoms with Gasteiger partial charge in [0.25, 0.3) is 11.8 Å². The number of benzene rings is 2. The number of ether oxygens (including phenoxy) is 2. The van der Waals surface area contributed by atoms with Crippen LogP contribution >= 0.6 is 0 Å². The minimum Gasteiger partial charge on any atom is -0.484 e. The molecule has 5 rings (SSSR count). The lowest BCUT2D eigenvalue weighted by atomic mass is 10.0. The van der Waals surface area contributed by atoms with Crippen LogP contribution in [0.2, 0.25) is 0 Å². The van der Waals surface area contributed by atoms with Crippen LogP contribution in [0.1, 0.15) is 31.1 Å². The van der Waals surface area contributed by atoms with Crippen molar-refractivity contribution >= 4 is 17.5 Å². The predicted octanol–water partition coefficient (Wildman–Crippen LogP) is 2.94. The smallest absolute Gasteiger partial charge is 0.262 e. The molecule has 2 aliphatic rings. The quantitative estimate of drug-likeness (QED) is 0.640. The predicted molar refractivity (Wildman–Crippen MR) is 116 cm³/mol. The van der Waals surface area contributed by atoms with E-state index in [0.29, 0.717) is 35.4 Å². The van der Waals surface area contributed by atoms with Gasteiger partial charge in [-0.2, -0.15) is 5.10 Å². The first-order valence-electron chi connectivity index (χ1n) is 10.6. The van der Waals surface area contributed by atoms with Crippen molar-refractivity contribution < 1.29 is 19.1 Å². The van der Waals surface area contributed by atoms with Gasteiger partial charge in [0.2, 0.25) is 0 Å². The molecular weight excluding hydrogens is 410 g/mol.